The summed E-state index contributed by atoms with van der Waals surface area (Å²) < 4.78 is 5.99. The number of hydrogen-bond acceptors (Lipinski definition) is 3. The van der Waals surface area contributed by atoms with E-state index in [9.17, 15) is 14.7 Å². The Morgan fingerprint density at radius 2 is 1.85 bits per heavy atom. The van der Waals surface area contributed by atoms with Crippen molar-refractivity contribution in [3.8, 4) is 0 Å². The summed E-state index contributed by atoms with van der Waals surface area (Å²) in [4.78, 5) is 23.7. The van der Waals surface area contributed by atoms with Gasteiger partial charge in [0.1, 0.15) is 6.10 Å². The van der Waals surface area contributed by atoms with Crippen molar-refractivity contribution >= 4 is 11.9 Å². The van der Waals surface area contributed by atoms with E-state index in [1.165, 1.54) is 19.3 Å². The molecule has 27 heavy (non-hydrogen) atoms. The van der Waals surface area contributed by atoms with Gasteiger partial charge in [0.25, 0.3) is 0 Å². The fraction of sp³-hybridized carbons (Fsp3) is 0.826. The van der Waals surface area contributed by atoms with Crippen LogP contribution < -0.4 is 0 Å². The number of fused-ring (bicyclic) bond motifs is 3. The van der Waals surface area contributed by atoms with Gasteiger partial charge in [0.05, 0.1) is 0 Å². The first-order valence-electron chi connectivity index (χ1n) is 10.6. The van der Waals surface area contributed by atoms with E-state index in [4.69, 9.17) is 4.74 Å². The third-order valence-corrected chi connectivity index (χ3v) is 9.28. The Bertz CT molecular complexity index is 707. The van der Waals surface area contributed by atoms with Crippen molar-refractivity contribution in [3.63, 3.8) is 0 Å². The number of carboxylic acids is 1. The molecular formula is C23H34O4. The van der Waals surface area contributed by atoms with E-state index in [2.05, 4.69) is 27.7 Å². The highest BCUT2D eigenvalue weighted by molar-refractivity contribution is 5.88. The van der Waals surface area contributed by atoms with E-state index < -0.39 is 5.97 Å². The number of allylic oxidation sites excluding steroid dienone is 1. The summed E-state index contributed by atoms with van der Waals surface area (Å²) in [5.74, 6) is 1.03. The van der Waals surface area contributed by atoms with Gasteiger partial charge in [-0.25, -0.2) is 4.79 Å². The van der Waals surface area contributed by atoms with Crippen LogP contribution in [-0.2, 0) is 14.3 Å². The molecule has 4 nitrogen and oxygen atoms in total. The van der Waals surface area contributed by atoms with Crippen molar-refractivity contribution in [1.82, 2.24) is 0 Å². The van der Waals surface area contributed by atoms with Crippen molar-refractivity contribution < 1.29 is 19.4 Å². The average Bonchev–Trinajstić information content (AvgIpc) is 2.74. The zero-order valence-corrected chi connectivity index (χ0v) is 17.4. The third kappa shape index (κ3) is 2.40. The van der Waals surface area contributed by atoms with Gasteiger partial charge in [-0.05, 0) is 73.0 Å². The fourth-order valence-electron chi connectivity index (χ4n) is 8.33. The molecule has 0 aromatic rings. The van der Waals surface area contributed by atoms with Gasteiger partial charge >= 0.3 is 11.9 Å². The lowest BCUT2D eigenvalue weighted by Crippen LogP contribution is -2.59. The molecule has 0 aromatic carbocycles. The normalized spacial score (nSPS) is 47.4. The lowest BCUT2D eigenvalue weighted by molar-refractivity contribution is -0.180. The number of rotatable bonds is 2. The summed E-state index contributed by atoms with van der Waals surface area (Å²) in [6.07, 6.45) is 8.53. The Balaban J connectivity index is 1.77. The molecule has 3 saturated carbocycles. The van der Waals surface area contributed by atoms with E-state index in [0.29, 0.717) is 29.2 Å². The smallest absolute Gasteiger partial charge is 0.331 e. The molecule has 0 saturated heterocycles. The molecule has 0 aromatic heterocycles. The Morgan fingerprint density at radius 3 is 2.48 bits per heavy atom. The molecule has 7 atom stereocenters. The highest BCUT2D eigenvalue weighted by Crippen LogP contribution is 2.72. The fourth-order valence-corrected chi connectivity index (χ4v) is 8.33. The highest BCUT2D eigenvalue weighted by Gasteiger charge is 2.68. The molecule has 4 rings (SSSR count). The molecule has 3 fully saturated rings. The first-order chi connectivity index (χ1) is 12.5. The molecule has 0 radical (unpaired) electrons. The van der Waals surface area contributed by atoms with Crippen molar-refractivity contribution in [1.29, 1.82) is 0 Å². The second-order valence-corrected chi connectivity index (χ2v) is 10.7. The summed E-state index contributed by atoms with van der Waals surface area (Å²) in [5.41, 5.74) is 0.433. The molecule has 0 aliphatic heterocycles. The summed E-state index contributed by atoms with van der Waals surface area (Å²) in [7, 11) is 0. The summed E-state index contributed by atoms with van der Waals surface area (Å²) in [5, 5.41) is 9.73. The van der Waals surface area contributed by atoms with Gasteiger partial charge < -0.3 is 9.84 Å². The summed E-state index contributed by atoms with van der Waals surface area (Å²) in [6, 6.07) is 0. The molecule has 4 aliphatic rings. The lowest BCUT2D eigenvalue weighted by Gasteiger charge is -2.63. The van der Waals surface area contributed by atoms with Crippen LogP contribution in [0.1, 0.15) is 73.1 Å². The van der Waals surface area contributed by atoms with Gasteiger partial charge in [-0.3, -0.25) is 4.79 Å². The van der Waals surface area contributed by atoms with Crippen LogP contribution in [0, 0.1) is 39.9 Å². The average molecular weight is 375 g/mol. The largest absolute Gasteiger partial charge is 0.478 e. The molecule has 4 aliphatic carbocycles. The maximum absolute atomic E-state index is 11.9. The zero-order chi connectivity index (χ0) is 19.8. The van der Waals surface area contributed by atoms with Crippen LogP contribution in [0.25, 0.3) is 0 Å². The van der Waals surface area contributed by atoms with Crippen molar-refractivity contribution in [2.24, 2.45) is 39.9 Å². The van der Waals surface area contributed by atoms with E-state index in [1.54, 1.807) is 6.92 Å². The van der Waals surface area contributed by atoms with E-state index in [1.807, 2.05) is 6.08 Å². The standard InChI is InChI=1S/C23H34O4/c1-13-15-6-7-18-22(5)10-8-16(20(25)26)21(3,4)17(22)9-11-23(18,12-15)19(13)27-14(2)24/h8,13,15,17-19H,6-7,9-12H2,1-5H3,(H,25,26)/t13-,15+,17-,18+,19-,22-,23-/m0/s1. The van der Waals surface area contributed by atoms with Crippen LogP contribution in [-0.4, -0.2) is 23.1 Å². The van der Waals surface area contributed by atoms with E-state index in [0.717, 1.165) is 19.3 Å². The number of ether oxygens (including phenoxy) is 1. The van der Waals surface area contributed by atoms with Crippen LogP contribution in [0.15, 0.2) is 11.6 Å². The van der Waals surface area contributed by atoms with Crippen LogP contribution in [0.4, 0.5) is 0 Å². The van der Waals surface area contributed by atoms with Gasteiger partial charge in [0, 0.05) is 17.9 Å². The maximum Gasteiger partial charge on any atom is 0.331 e. The van der Waals surface area contributed by atoms with E-state index >= 15 is 0 Å². The Kier molecular flexibility index (Phi) is 4.11. The molecule has 0 amide bonds. The lowest BCUT2D eigenvalue weighted by atomic mass is 9.41. The van der Waals surface area contributed by atoms with Crippen molar-refractivity contribution in [2.45, 2.75) is 79.2 Å². The van der Waals surface area contributed by atoms with Crippen molar-refractivity contribution in [2.75, 3.05) is 0 Å². The summed E-state index contributed by atoms with van der Waals surface area (Å²) in [6.45, 7) is 10.5. The van der Waals surface area contributed by atoms with Crippen molar-refractivity contribution in [3.05, 3.63) is 11.6 Å². The monoisotopic (exact) mass is 374 g/mol. The second-order valence-electron chi connectivity index (χ2n) is 10.7. The number of carbonyl (C=O) groups excluding carboxylic acids is 1. The molecule has 1 N–H and O–H groups in total. The molecule has 2 bridgehead atoms. The predicted molar refractivity (Wildman–Crippen MR) is 103 cm³/mol. The minimum atomic E-state index is -0.765. The summed E-state index contributed by atoms with van der Waals surface area (Å²) >= 11 is 0. The topological polar surface area (TPSA) is 63.6 Å². The minimum Gasteiger partial charge on any atom is -0.478 e. The number of aliphatic carboxylic acids is 1. The Morgan fingerprint density at radius 1 is 1.15 bits per heavy atom. The number of hydrogen-bond donors (Lipinski definition) is 1. The molecule has 150 valence electrons. The molecular weight excluding hydrogens is 340 g/mol. The van der Waals surface area contributed by atoms with Crippen LogP contribution in [0.3, 0.4) is 0 Å². The maximum atomic E-state index is 11.9. The van der Waals surface area contributed by atoms with Crippen LogP contribution in [0.2, 0.25) is 0 Å². The highest BCUT2D eigenvalue weighted by atomic mass is 16.5. The minimum absolute atomic E-state index is 0.0261. The van der Waals surface area contributed by atoms with E-state index in [-0.39, 0.29) is 28.3 Å². The second kappa shape index (κ2) is 5.84. The zero-order valence-electron chi connectivity index (χ0n) is 17.4. The predicted octanol–water partition coefficient (Wildman–Crippen LogP) is 4.83. The van der Waals surface area contributed by atoms with Crippen LogP contribution >= 0.6 is 0 Å². The van der Waals surface area contributed by atoms with Gasteiger partial charge in [0.2, 0.25) is 0 Å². The first kappa shape index (κ1) is 19.0. The van der Waals surface area contributed by atoms with Gasteiger partial charge in [-0.15, -0.1) is 0 Å². The Labute approximate surface area is 162 Å². The molecule has 0 unspecified atom stereocenters. The molecule has 0 heterocycles. The number of esters is 1. The van der Waals surface area contributed by atoms with Crippen LogP contribution in [0.5, 0.6) is 0 Å². The third-order valence-electron chi connectivity index (χ3n) is 9.28. The quantitative estimate of drug-likeness (QED) is 0.703. The molecule has 4 heteroatoms. The van der Waals surface area contributed by atoms with Gasteiger partial charge in [0.15, 0.2) is 0 Å². The van der Waals surface area contributed by atoms with Gasteiger partial charge in [-0.2, -0.15) is 0 Å². The van der Waals surface area contributed by atoms with Gasteiger partial charge in [-0.1, -0.05) is 33.8 Å². The Hall–Kier alpha value is -1.32. The first-order valence-corrected chi connectivity index (χ1v) is 10.6. The number of carboxylic acid groups (broad SMARTS) is 1. The molecule has 1 spiro atoms. The number of carbonyl (C=O) groups is 2. The SMILES string of the molecule is CC(=O)O[C@H]1[C@@H](C)[C@@H]2CC[C@@H]3[C@@]4(C)CC=C(C(=O)O)C(C)(C)[C@@H]4CC[C@]31C2.